The summed E-state index contributed by atoms with van der Waals surface area (Å²) >= 11 is 5.32. The molecule has 78 valence electrons. The van der Waals surface area contributed by atoms with E-state index in [1.54, 1.807) is 12.3 Å². The van der Waals surface area contributed by atoms with E-state index in [0.717, 1.165) is 0 Å². The first-order valence-corrected chi connectivity index (χ1v) is 6.11. The van der Waals surface area contributed by atoms with Crippen LogP contribution in [0.1, 0.15) is 5.69 Å². The van der Waals surface area contributed by atoms with Crippen LogP contribution in [-0.4, -0.2) is 30.0 Å². The predicted octanol–water partition coefficient (Wildman–Crippen LogP) is 0.135. The minimum atomic E-state index is -3.27. The Morgan fingerprint density at radius 3 is 2.86 bits per heavy atom. The van der Waals surface area contributed by atoms with Crippen LogP contribution >= 0.6 is 11.6 Å². The Morgan fingerprint density at radius 1 is 1.50 bits per heavy atom. The summed E-state index contributed by atoms with van der Waals surface area (Å²) in [6, 6.07) is 1.64. The molecule has 14 heavy (non-hydrogen) atoms. The van der Waals surface area contributed by atoms with Crippen molar-refractivity contribution in [3.63, 3.8) is 0 Å². The molecule has 1 aromatic rings. The lowest BCUT2D eigenvalue weighted by Gasteiger charge is -2.03. The second-order valence-corrected chi connectivity index (χ2v) is 4.83. The molecular weight excluding hydrogens is 226 g/mol. The molecule has 0 spiro atoms. The quantitative estimate of drug-likeness (QED) is 0.737. The minimum absolute atomic E-state index is 0.0824. The van der Waals surface area contributed by atoms with Gasteiger partial charge in [-0.15, -0.1) is 11.6 Å². The fourth-order valence-electron chi connectivity index (χ4n) is 0.780. The first kappa shape index (κ1) is 11.4. The van der Waals surface area contributed by atoms with E-state index in [2.05, 4.69) is 14.7 Å². The van der Waals surface area contributed by atoms with Crippen LogP contribution in [0, 0.1) is 0 Å². The number of alkyl halides is 1. The van der Waals surface area contributed by atoms with E-state index >= 15 is 0 Å². The fourth-order valence-corrected chi connectivity index (χ4v) is 2.10. The third kappa shape index (κ3) is 3.99. The van der Waals surface area contributed by atoms with Crippen LogP contribution in [0.5, 0.6) is 0 Å². The molecule has 0 aliphatic heterocycles. The van der Waals surface area contributed by atoms with Crippen molar-refractivity contribution in [2.45, 2.75) is 6.54 Å². The molecule has 0 fully saturated rings. The largest absolute Gasteiger partial charge is 0.245 e. The van der Waals surface area contributed by atoms with Gasteiger partial charge in [-0.1, -0.05) is 0 Å². The Bertz CT molecular complexity index is 368. The zero-order valence-corrected chi connectivity index (χ0v) is 8.92. The highest BCUT2D eigenvalue weighted by atomic mass is 35.5. The van der Waals surface area contributed by atoms with Crippen molar-refractivity contribution >= 4 is 21.6 Å². The zero-order valence-electron chi connectivity index (χ0n) is 7.35. The average Bonchev–Trinajstić information content (AvgIpc) is 2.17. The molecule has 0 unspecified atom stereocenters. The highest BCUT2D eigenvalue weighted by Crippen LogP contribution is 1.93. The summed E-state index contributed by atoms with van der Waals surface area (Å²) in [6.07, 6.45) is 2.92. The summed E-state index contributed by atoms with van der Waals surface area (Å²) in [5, 5.41) is 0. The number of nitrogens with one attached hydrogen (secondary N) is 1. The maximum atomic E-state index is 11.2. The number of halogens is 1. The van der Waals surface area contributed by atoms with E-state index < -0.39 is 10.0 Å². The third-order valence-electron chi connectivity index (χ3n) is 1.46. The number of nitrogens with zero attached hydrogens (tertiary/aromatic N) is 2. The van der Waals surface area contributed by atoms with Gasteiger partial charge in [-0.3, -0.25) is 0 Å². The van der Waals surface area contributed by atoms with Gasteiger partial charge in [0.15, 0.2) is 0 Å². The summed E-state index contributed by atoms with van der Waals surface area (Å²) in [7, 11) is -3.27. The first-order chi connectivity index (χ1) is 6.64. The number of hydrogen-bond acceptors (Lipinski definition) is 4. The molecule has 7 heteroatoms. The summed E-state index contributed by atoms with van der Waals surface area (Å²) in [6.45, 7) is 0.168. The zero-order chi connectivity index (χ0) is 10.4. The van der Waals surface area contributed by atoms with Crippen LogP contribution in [0.15, 0.2) is 18.6 Å². The lowest BCUT2D eigenvalue weighted by atomic mass is 10.4. The highest BCUT2D eigenvalue weighted by Gasteiger charge is 2.08. The SMILES string of the molecule is O=S(=O)(CCCl)NCc1ccncn1. The van der Waals surface area contributed by atoms with Gasteiger partial charge in [-0.05, 0) is 6.07 Å². The molecule has 1 heterocycles. The second-order valence-electron chi connectivity index (χ2n) is 2.53. The molecule has 0 amide bonds. The molecule has 0 saturated heterocycles. The fraction of sp³-hybridized carbons (Fsp3) is 0.429. The monoisotopic (exact) mass is 235 g/mol. The van der Waals surface area contributed by atoms with Crippen LogP contribution in [0.4, 0.5) is 0 Å². The van der Waals surface area contributed by atoms with Gasteiger partial charge in [0.2, 0.25) is 10.0 Å². The van der Waals surface area contributed by atoms with Crippen LogP contribution in [0.3, 0.4) is 0 Å². The minimum Gasteiger partial charge on any atom is -0.245 e. The third-order valence-corrected chi connectivity index (χ3v) is 3.20. The molecule has 1 aromatic heterocycles. The number of hydrogen-bond donors (Lipinski definition) is 1. The predicted molar refractivity (Wildman–Crippen MR) is 53.4 cm³/mol. The maximum Gasteiger partial charge on any atom is 0.213 e. The Labute approximate surface area is 87.6 Å². The molecule has 0 aromatic carbocycles. The van der Waals surface area contributed by atoms with E-state index in [4.69, 9.17) is 11.6 Å². The summed E-state index contributed by atoms with van der Waals surface area (Å²) in [4.78, 5) is 7.59. The summed E-state index contributed by atoms with van der Waals surface area (Å²) in [5.41, 5.74) is 0.623. The Kier molecular flexibility index (Phi) is 4.24. The topological polar surface area (TPSA) is 72.0 Å². The van der Waals surface area contributed by atoms with E-state index in [1.807, 2.05) is 0 Å². The van der Waals surface area contributed by atoms with Gasteiger partial charge < -0.3 is 0 Å². The molecule has 0 atom stereocenters. The van der Waals surface area contributed by atoms with Gasteiger partial charge in [0.05, 0.1) is 18.0 Å². The van der Waals surface area contributed by atoms with Gasteiger partial charge in [0.25, 0.3) is 0 Å². The highest BCUT2D eigenvalue weighted by molar-refractivity contribution is 7.89. The molecule has 0 aliphatic rings. The molecular formula is C7H10ClN3O2S. The van der Waals surface area contributed by atoms with Gasteiger partial charge in [0.1, 0.15) is 6.33 Å². The smallest absolute Gasteiger partial charge is 0.213 e. The Hall–Kier alpha value is -0.720. The normalized spacial score (nSPS) is 11.5. The molecule has 0 radical (unpaired) electrons. The van der Waals surface area contributed by atoms with Crippen molar-refractivity contribution in [3.8, 4) is 0 Å². The van der Waals surface area contributed by atoms with Crippen molar-refractivity contribution in [2.24, 2.45) is 0 Å². The maximum absolute atomic E-state index is 11.2. The molecule has 1 rings (SSSR count). The standard InChI is InChI=1S/C7H10ClN3O2S/c8-2-4-14(12,13)11-5-7-1-3-9-6-10-7/h1,3,6,11H,2,4-5H2. The van der Waals surface area contributed by atoms with Gasteiger partial charge >= 0.3 is 0 Å². The van der Waals surface area contributed by atoms with E-state index in [-0.39, 0.29) is 18.2 Å². The van der Waals surface area contributed by atoms with Crippen LogP contribution in [0.25, 0.3) is 0 Å². The lowest BCUT2D eigenvalue weighted by Crippen LogP contribution is -2.26. The molecule has 0 bridgehead atoms. The van der Waals surface area contributed by atoms with Crippen LogP contribution in [0.2, 0.25) is 0 Å². The van der Waals surface area contributed by atoms with Crippen LogP contribution in [-0.2, 0) is 16.6 Å². The molecule has 1 N–H and O–H groups in total. The van der Waals surface area contributed by atoms with Crippen molar-refractivity contribution in [1.29, 1.82) is 0 Å². The number of sulfonamides is 1. The lowest BCUT2D eigenvalue weighted by molar-refractivity contribution is 0.582. The first-order valence-electron chi connectivity index (χ1n) is 3.92. The van der Waals surface area contributed by atoms with E-state index in [0.29, 0.717) is 5.69 Å². The van der Waals surface area contributed by atoms with Gasteiger partial charge in [-0.25, -0.2) is 23.1 Å². The Balaban J connectivity index is 2.49. The van der Waals surface area contributed by atoms with Crippen molar-refractivity contribution in [3.05, 3.63) is 24.3 Å². The van der Waals surface area contributed by atoms with Crippen molar-refractivity contribution < 1.29 is 8.42 Å². The molecule has 5 nitrogen and oxygen atoms in total. The summed E-state index contributed by atoms with van der Waals surface area (Å²) < 4.78 is 24.7. The van der Waals surface area contributed by atoms with Gasteiger partial charge in [0, 0.05) is 12.1 Å². The second kappa shape index (κ2) is 5.23. The average molecular weight is 236 g/mol. The Morgan fingerprint density at radius 2 is 2.29 bits per heavy atom. The number of rotatable bonds is 5. The van der Waals surface area contributed by atoms with Gasteiger partial charge in [-0.2, -0.15) is 0 Å². The number of aromatic nitrogens is 2. The van der Waals surface area contributed by atoms with Crippen LogP contribution < -0.4 is 4.72 Å². The van der Waals surface area contributed by atoms with E-state index in [9.17, 15) is 8.42 Å². The summed E-state index contributed by atoms with van der Waals surface area (Å²) in [5.74, 6) is -0.00124. The van der Waals surface area contributed by atoms with Crippen molar-refractivity contribution in [2.75, 3.05) is 11.6 Å². The molecule has 0 saturated carbocycles. The van der Waals surface area contributed by atoms with Crippen molar-refractivity contribution in [1.82, 2.24) is 14.7 Å². The van der Waals surface area contributed by atoms with E-state index in [1.165, 1.54) is 6.33 Å². The molecule has 0 aliphatic carbocycles.